The lowest BCUT2D eigenvalue weighted by Crippen LogP contribution is -1.99. The van der Waals surface area contributed by atoms with Crippen molar-refractivity contribution in [1.29, 1.82) is 0 Å². The topological polar surface area (TPSA) is 33.4 Å². The molecule has 1 heterocycles. The fourth-order valence-electron chi connectivity index (χ4n) is 2.35. The van der Waals surface area contributed by atoms with Gasteiger partial charge in [0.1, 0.15) is 17.4 Å². The molecule has 0 bridgehead atoms. The maximum atomic E-state index is 12.7. The number of aryl methyl sites for hydroxylation is 1. The summed E-state index contributed by atoms with van der Waals surface area (Å²) in [6.07, 6.45) is -3.62. The van der Waals surface area contributed by atoms with Crippen molar-refractivity contribution in [2.75, 3.05) is 0 Å². The molecular weight excluding hydrogens is 274 g/mol. The van der Waals surface area contributed by atoms with Gasteiger partial charge in [0.2, 0.25) is 0 Å². The van der Waals surface area contributed by atoms with Crippen molar-refractivity contribution in [1.82, 2.24) is 0 Å². The summed E-state index contributed by atoms with van der Waals surface area (Å²) in [5, 5.41) is 11.2. The van der Waals surface area contributed by atoms with Crippen molar-refractivity contribution in [3.8, 4) is 0 Å². The highest BCUT2D eigenvalue weighted by molar-refractivity contribution is 5.78. The number of aliphatic hydroxyl groups is 1. The summed E-state index contributed by atoms with van der Waals surface area (Å²) in [7, 11) is 0. The Bertz CT molecular complexity index is 777. The van der Waals surface area contributed by atoms with Gasteiger partial charge in [-0.15, -0.1) is 0 Å². The maximum absolute atomic E-state index is 12.7. The first-order valence-electron chi connectivity index (χ1n) is 6.61. The van der Waals surface area contributed by atoms with Gasteiger partial charge in [-0.1, -0.05) is 29.8 Å². The Hall–Kier alpha value is -2.20. The molecule has 0 aliphatic heterocycles. The maximum Gasteiger partial charge on any atom is 0.263 e. The van der Waals surface area contributed by atoms with E-state index in [9.17, 15) is 13.9 Å². The zero-order valence-electron chi connectivity index (χ0n) is 11.4. The first kappa shape index (κ1) is 13.8. The van der Waals surface area contributed by atoms with E-state index in [0.717, 1.165) is 10.9 Å². The lowest BCUT2D eigenvalue weighted by Gasteiger charge is -2.09. The minimum absolute atomic E-state index is 0.112. The van der Waals surface area contributed by atoms with Crippen LogP contribution < -0.4 is 0 Å². The van der Waals surface area contributed by atoms with Crippen LogP contribution in [0.25, 0.3) is 11.0 Å². The molecule has 21 heavy (non-hydrogen) atoms. The summed E-state index contributed by atoms with van der Waals surface area (Å²) in [4.78, 5) is 0. The van der Waals surface area contributed by atoms with Gasteiger partial charge in [0.05, 0.1) is 0 Å². The van der Waals surface area contributed by atoms with Crippen LogP contribution in [0, 0.1) is 6.92 Å². The van der Waals surface area contributed by atoms with E-state index in [-0.39, 0.29) is 5.56 Å². The number of rotatable bonds is 3. The average Bonchev–Trinajstić information content (AvgIpc) is 2.89. The minimum Gasteiger partial charge on any atom is -0.458 e. The number of halogens is 2. The van der Waals surface area contributed by atoms with Gasteiger partial charge in [-0.3, -0.25) is 0 Å². The predicted octanol–water partition coefficient (Wildman–Crippen LogP) is 4.76. The van der Waals surface area contributed by atoms with Crippen molar-refractivity contribution in [3.63, 3.8) is 0 Å². The smallest absolute Gasteiger partial charge is 0.263 e. The zero-order chi connectivity index (χ0) is 15.0. The molecule has 0 radical (unpaired) electrons. The predicted molar refractivity (Wildman–Crippen MR) is 76.4 cm³/mol. The number of alkyl halides is 2. The van der Waals surface area contributed by atoms with Gasteiger partial charge < -0.3 is 9.52 Å². The Morgan fingerprint density at radius 1 is 1.00 bits per heavy atom. The molecule has 0 saturated heterocycles. The van der Waals surface area contributed by atoms with E-state index >= 15 is 0 Å². The van der Waals surface area contributed by atoms with Crippen LogP contribution in [0.5, 0.6) is 0 Å². The van der Waals surface area contributed by atoms with Gasteiger partial charge in [0.15, 0.2) is 0 Å². The minimum atomic E-state index is -2.56. The highest BCUT2D eigenvalue weighted by atomic mass is 19.3. The van der Waals surface area contributed by atoms with Crippen LogP contribution in [0.4, 0.5) is 8.78 Å². The van der Waals surface area contributed by atoms with E-state index in [1.165, 1.54) is 18.2 Å². The van der Waals surface area contributed by atoms with E-state index in [1.807, 2.05) is 25.1 Å². The largest absolute Gasteiger partial charge is 0.458 e. The van der Waals surface area contributed by atoms with Gasteiger partial charge in [0, 0.05) is 10.9 Å². The lowest BCUT2D eigenvalue weighted by molar-refractivity contribution is 0.150. The van der Waals surface area contributed by atoms with E-state index < -0.39 is 12.5 Å². The van der Waals surface area contributed by atoms with Crippen LogP contribution >= 0.6 is 0 Å². The molecule has 1 atom stereocenters. The Labute approximate surface area is 120 Å². The third-order valence-electron chi connectivity index (χ3n) is 3.44. The molecule has 2 nitrogen and oxygen atoms in total. The number of hydrogen-bond donors (Lipinski definition) is 1. The molecule has 3 aromatic rings. The first-order chi connectivity index (χ1) is 10.0. The van der Waals surface area contributed by atoms with Gasteiger partial charge in [-0.05, 0) is 36.8 Å². The van der Waals surface area contributed by atoms with E-state index in [2.05, 4.69) is 0 Å². The lowest BCUT2D eigenvalue weighted by atomic mass is 10.0. The highest BCUT2D eigenvalue weighted by Crippen LogP contribution is 2.30. The Balaban J connectivity index is 1.99. The first-order valence-corrected chi connectivity index (χ1v) is 6.61. The van der Waals surface area contributed by atoms with Crippen LogP contribution in [0.3, 0.4) is 0 Å². The second-order valence-electron chi connectivity index (χ2n) is 5.06. The summed E-state index contributed by atoms with van der Waals surface area (Å²) < 4.78 is 31.0. The molecule has 0 amide bonds. The molecule has 4 heteroatoms. The highest BCUT2D eigenvalue weighted by Gasteiger charge is 2.17. The fraction of sp³-hybridized carbons (Fsp3) is 0.176. The number of furan rings is 1. The average molecular weight is 288 g/mol. The summed E-state index contributed by atoms with van der Waals surface area (Å²) in [6.45, 7) is 1.97. The quantitative estimate of drug-likeness (QED) is 0.753. The van der Waals surface area contributed by atoms with Crippen LogP contribution in [0.1, 0.15) is 35.0 Å². The molecule has 0 aliphatic carbocycles. The number of aliphatic hydroxyl groups excluding tert-OH is 1. The van der Waals surface area contributed by atoms with Crippen LogP contribution in [-0.2, 0) is 0 Å². The number of benzene rings is 2. The molecule has 0 saturated carbocycles. The van der Waals surface area contributed by atoms with Crippen LogP contribution in [0.15, 0.2) is 52.9 Å². The van der Waals surface area contributed by atoms with Gasteiger partial charge >= 0.3 is 0 Å². The summed E-state index contributed by atoms with van der Waals surface area (Å²) >= 11 is 0. The van der Waals surface area contributed by atoms with Crippen molar-refractivity contribution >= 4 is 11.0 Å². The molecule has 0 aliphatic rings. The van der Waals surface area contributed by atoms with Crippen molar-refractivity contribution in [3.05, 3.63) is 71.0 Å². The molecule has 1 unspecified atom stereocenters. The van der Waals surface area contributed by atoms with Crippen molar-refractivity contribution < 1.29 is 18.3 Å². The standard InChI is InChI=1S/C17H14F2O2/c1-10-5-6-14-13(7-10)9-15(21-14)16(20)11-3-2-4-12(8-11)17(18)19/h2-9,16-17,20H,1H3. The molecule has 2 aromatic carbocycles. The van der Waals surface area contributed by atoms with Gasteiger partial charge in [-0.25, -0.2) is 8.78 Å². The van der Waals surface area contributed by atoms with Gasteiger partial charge in [-0.2, -0.15) is 0 Å². The third kappa shape index (κ3) is 2.67. The zero-order valence-corrected chi connectivity index (χ0v) is 11.4. The SMILES string of the molecule is Cc1ccc2oc(C(O)c3cccc(C(F)F)c3)cc2c1. The Morgan fingerprint density at radius 3 is 2.52 bits per heavy atom. The third-order valence-corrected chi connectivity index (χ3v) is 3.44. The number of hydrogen-bond acceptors (Lipinski definition) is 2. The molecule has 1 N–H and O–H groups in total. The summed E-state index contributed by atoms with van der Waals surface area (Å²) in [5.74, 6) is 0.349. The fourth-order valence-corrected chi connectivity index (χ4v) is 2.35. The summed E-state index contributed by atoms with van der Waals surface area (Å²) in [5.41, 5.74) is 2.03. The second-order valence-corrected chi connectivity index (χ2v) is 5.06. The Morgan fingerprint density at radius 2 is 1.76 bits per heavy atom. The van der Waals surface area contributed by atoms with Gasteiger partial charge in [0.25, 0.3) is 6.43 Å². The van der Waals surface area contributed by atoms with Crippen LogP contribution in [0.2, 0.25) is 0 Å². The Kier molecular flexibility index (Phi) is 3.47. The molecular formula is C17H14F2O2. The molecule has 3 rings (SSSR count). The van der Waals surface area contributed by atoms with Crippen molar-refractivity contribution in [2.24, 2.45) is 0 Å². The summed E-state index contributed by atoms with van der Waals surface area (Å²) in [6, 6.07) is 13.2. The molecule has 0 spiro atoms. The molecule has 1 aromatic heterocycles. The van der Waals surface area contributed by atoms with Crippen molar-refractivity contribution in [2.45, 2.75) is 19.5 Å². The number of fused-ring (bicyclic) bond motifs is 1. The van der Waals surface area contributed by atoms with E-state index in [0.29, 0.717) is 16.9 Å². The van der Waals surface area contributed by atoms with Crippen LogP contribution in [-0.4, -0.2) is 5.11 Å². The van der Waals surface area contributed by atoms with E-state index in [4.69, 9.17) is 4.42 Å². The van der Waals surface area contributed by atoms with E-state index in [1.54, 1.807) is 12.1 Å². The second kappa shape index (κ2) is 5.30. The molecule has 108 valence electrons. The molecule has 0 fully saturated rings. The monoisotopic (exact) mass is 288 g/mol. The normalized spacial score (nSPS) is 13.0.